The van der Waals surface area contributed by atoms with Crippen molar-refractivity contribution in [3.05, 3.63) is 106 Å². The molecule has 0 radical (unpaired) electrons. The third-order valence-corrected chi connectivity index (χ3v) is 10.6. The molecule has 0 saturated carbocycles. The van der Waals surface area contributed by atoms with Gasteiger partial charge in [0.25, 0.3) is 15.6 Å². The zero-order valence-electron chi connectivity index (χ0n) is 25.7. The van der Waals surface area contributed by atoms with Crippen LogP contribution in [0.15, 0.2) is 103 Å². The SMILES string of the molecule is Cn1c(=O)c(C2=Nc3ccccc3S(=O)(=O)N2)c2c3c(c(Nc4ccc(S(=O)(=O)[O-])cc4SOO[O-])ccc31)C(=O)c1ccccc1-2.[Na+].[Na+]. The van der Waals surface area contributed by atoms with Crippen molar-refractivity contribution in [2.24, 2.45) is 12.0 Å². The number of carbonyl (C=O) groups is 1. The van der Waals surface area contributed by atoms with Crippen LogP contribution in [0.2, 0.25) is 0 Å². The van der Waals surface area contributed by atoms with E-state index in [1.807, 2.05) is 0 Å². The van der Waals surface area contributed by atoms with Crippen molar-refractivity contribution in [1.82, 2.24) is 9.29 Å². The molecule has 14 nitrogen and oxygen atoms in total. The van der Waals surface area contributed by atoms with Crippen LogP contribution in [0.1, 0.15) is 21.5 Å². The van der Waals surface area contributed by atoms with E-state index < -0.39 is 36.4 Å². The zero-order valence-corrected chi connectivity index (χ0v) is 32.2. The van der Waals surface area contributed by atoms with Gasteiger partial charge in [-0.15, -0.1) is 0 Å². The average Bonchev–Trinajstić information content (AvgIpc) is 3.04. The molecule has 0 bridgehead atoms. The van der Waals surface area contributed by atoms with Crippen molar-refractivity contribution >= 4 is 71.8 Å². The van der Waals surface area contributed by atoms with Crippen LogP contribution < -0.4 is 80.0 Å². The van der Waals surface area contributed by atoms with E-state index in [4.69, 9.17) is 0 Å². The topological polar surface area (TPSA) is 208 Å². The second kappa shape index (κ2) is 14.0. The first-order valence-corrected chi connectivity index (χ1v) is 17.1. The van der Waals surface area contributed by atoms with Gasteiger partial charge in [-0.3, -0.25) is 19.3 Å². The third-order valence-electron chi connectivity index (χ3n) is 7.75. The standard InChI is InChI=1S/C30H20N4O10S3.2Na/c1-34-21-13-12-20(31-18-11-10-15(47(40,41)42)14-22(18)45-44-43-37)25-26(21)24(16-6-2-3-7-17(16)28(25)35)27(30(34)36)29-32-19-8-4-5-9-23(19)46(38,39)33-29;;/h2-14,31,37H,1H3,(H,32,33)(H,40,41,42);;/q;2*+1/p-2. The zero-order chi connectivity index (χ0) is 33.2. The minimum Gasteiger partial charge on any atom is -0.744 e. The number of aromatic nitrogens is 1. The van der Waals surface area contributed by atoms with Crippen LogP contribution in [-0.4, -0.2) is 37.6 Å². The number of anilines is 2. The van der Waals surface area contributed by atoms with Gasteiger partial charge in [0.05, 0.1) is 55.5 Å². The molecule has 1 aromatic heterocycles. The Kier molecular flexibility index (Phi) is 10.7. The Labute approximate surface area is 327 Å². The number of benzene rings is 4. The maximum atomic E-state index is 14.2. The summed E-state index contributed by atoms with van der Waals surface area (Å²) in [6.45, 7) is 0. The maximum Gasteiger partial charge on any atom is 1.00 e. The number of hydrogen-bond acceptors (Lipinski definition) is 13. The number of sulfonamides is 1. The molecule has 0 unspecified atom stereocenters. The molecule has 19 heteroatoms. The molecule has 0 spiro atoms. The van der Waals surface area contributed by atoms with E-state index in [0.717, 1.165) is 12.1 Å². The predicted molar refractivity (Wildman–Crippen MR) is 167 cm³/mol. The van der Waals surface area contributed by atoms with E-state index in [9.17, 15) is 36.2 Å². The molecular formula is C30H18N4Na2O10S3. The van der Waals surface area contributed by atoms with Crippen LogP contribution in [0.3, 0.4) is 0 Å². The van der Waals surface area contributed by atoms with Crippen molar-refractivity contribution in [3.8, 4) is 11.1 Å². The number of hydrogen-bond donors (Lipinski definition) is 2. The average molecular weight is 737 g/mol. The molecule has 49 heavy (non-hydrogen) atoms. The fourth-order valence-corrected chi connectivity index (χ4v) is 7.95. The van der Waals surface area contributed by atoms with Crippen LogP contribution in [0.25, 0.3) is 22.0 Å². The summed E-state index contributed by atoms with van der Waals surface area (Å²) in [6, 6.07) is 19.0. The van der Waals surface area contributed by atoms with Crippen molar-refractivity contribution < 1.29 is 99.9 Å². The summed E-state index contributed by atoms with van der Waals surface area (Å²) >= 11 is 0.328. The Hall–Kier alpha value is -2.88. The van der Waals surface area contributed by atoms with Gasteiger partial charge in [0.2, 0.25) is 0 Å². The Bertz CT molecular complexity index is 2520. The normalized spacial score (nSPS) is 14.0. The summed E-state index contributed by atoms with van der Waals surface area (Å²) in [5.74, 6) is -0.660. The van der Waals surface area contributed by atoms with Gasteiger partial charge in [-0.25, -0.2) is 21.8 Å². The van der Waals surface area contributed by atoms with Crippen LogP contribution >= 0.6 is 12.0 Å². The van der Waals surface area contributed by atoms with Gasteiger partial charge >= 0.3 is 59.1 Å². The largest absolute Gasteiger partial charge is 1.00 e. The minimum absolute atomic E-state index is 0. The van der Waals surface area contributed by atoms with E-state index in [1.54, 1.807) is 42.5 Å². The Morgan fingerprint density at radius 1 is 0.898 bits per heavy atom. The first-order valence-electron chi connectivity index (χ1n) is 13.5. The number of nitrogens with zero attached hydrogens (tertiary/aromatic N) is 2. The van der Waals surface area contributed by atoms with Gasteiger partial charge < -0.3 is 19.7 Å². The number of nitrogens with one attached hydrogen (secondary N) is 2. The van der Waals surface area contributed by atoms with Gasteiger partial charge in [0.15, 0.2) is 11.6 Å². The van der Waals surface area contributed by atoms with Crippen molar-refractivity contribution in [2.75, 3.05) is 5.32 Å². The predicted octanol–water partition coefficient (Wildman–Crippen LogP) is -2.99. The molecule has 2 N–H and O–H groups in total. The number of aryl methyl sites for hydroxylation is 1. The number of fused-ring (bicyclic) bond motifs is 3. The number of para-hydroxylation sites is 1. The number of aliphatic imine (C=N–C) groups is 1. The number of ketones is 1. The second-order valence-corrected chi connectivity index (χ2v) is 14.1. The van der Waals surface area contributed by atoms with Crippen molar-refractivity contribution in [3.63, 3.8) is 0 Å². The number of carbonyl (C=O) groups excluding carboxylic acids is 1. The van der Waals surface area contributed by atoms with Crippen LogP contribution in [0.5, 0.6) is 0 Å². The molecule has 2 aliphatic rings. The van der Waals surface area contributed by atoms with E-state index in [-0.39, 0.29) is 114 Å². The second-order valence-electron chi connectivity index (χ2n) is 10.4. The van der Waals surface area contributed by atoms with Crippen molar-refractivity contribution in [1.29, 1.82) is 0 Å². The number of pyridine rings is 1. The van der Waals surface area contributed by atoms with E-state index in [2.05, 4.69) is 24.4 Å². The molecule has 0 atom stereocenters. The molecule has 0 fully saturated rings. The summed E-state index contributed by atoms with van der Waals surface area (Å²) in [7, 11) is -7.52. The monoisotopic (exact) mass is 736 g/mol. The number of amidine groups is 1. The van der Waals surface area contributed by atoms with Gasteiger partial charge in [-0.1, -0.05) is 36.4 Å². The smallest absolute Gasteiger partial charge is 0.744 e. The Balaban J connectivity index is 0.00000234. The third kappa shape index (κ3) is 6.44. The first kappa shape index (κ1) is 37.4. The first-order chi connectivity index (χ1) is 22.4. The van der Waals surface area contributed by atoms with E-state index >= 15 is 0 Å². The Morgan fingerprint density at radius 2 is 1.57 bits per heavy atom. The van der Waals surface area contributed by atoms with E-state index in [0.29, 0.717) is 28.5 Å². The molecular weight excluding hydrogens is 719 g/mol. The van der Waals surface area contributed by atoms with Gasteiger partial charge in [-0.2, -0.15) is 4.33 Å². The fourth-order valence-electron chi connectivity index (χ4n) is 5.73. The molecule has 1 aliphatic carbocycles. The molecule has 0 amide bonds. The molecule has 4 aromatic carbocycles. The fraction of sp³-hybridized carbons (Fsp3) is 0.0333. The van der Waals surface area contributed by atoms with Crippen LogP contribution in [-0.2, 0) is 36.6 Å². The molecule has 1 aliphatic heterocycles. The summed E-state index contributed by atoms with van der Waals surface area (Å²) in [6.07, 6.45) is 0. The quantitative estimate of drug-likeness (QED) is 0.0553. The molecule has 5 aromatic rings. The summed E-state index contributed by atoms with van der Waals surface area (Å²) in [4.78, 5) is 32.1. The van der Waals surface area contributed by atoms with Crippen molar-refractivity contribution in [2.45, 2.75) is 14.7 Å². The molecule has 7 rings (SSSR count). The minimum atomic E-state index is -4.88. The maximum absolute atomic E-state index is 14.2. The van der Waals surface area contributed by atoms with Crippen LogP contribution in [0, 0.1) is 0 Å². The van der Waals surface area contributed by atoms with Gasteiger partial charge in [0.1, 0.15) is 15.0 Å². The van der Waals surface area contributed by atoms with Gasteiger partial charge in [0, 0.05) is 23.6 Å². The van der Waals surface area contributed by atoms with Gasteiger partial charge in [-0.05, 0) is 48.0 Å². The summed E-state index contributed by atoms with van der Waals surface area (Å²) in [5, 5.41) is 17.3. The summed E-state index contributed by atoms with van der Waals surface area (Å²) < 4.78 is 69.7. The molecule has 0 saturated heterocycles. The molecule has 2 heterocycles. The number of rotatable bonds is 7. The molecule has 238 valence electrons. The Morgan fingerprint density at radius 3 is 2.29 bits per heavy atom. The van der Waals surface area contributed by atoms with E-state index in [1.165, 1.54) is 35.9 Å². The summed E-state index contributed by atoms with van der Waals surface area (Å²) in [5.41, 5.74) is 1.11. The van der Waals surface area contributed by atoms with Crippen LogP contribution in [0.4, 0.5) is 17.1 Å².